The van der Waals surface area contributed by atoms with Gasteiger partial charge in [-0.05, 0) is 37.5 Å². The summed E-state index contributed by atoms with van der Waals surface area (Å²) in [7, 11) is 1.77. The van der Waals surface area contributed by atoms with Crippen LogP contribution in [0.1, 0.15) is 18.9 Å². The molecule has 1 saturated heterocycles. The van der Waals surface area contributed by atoms with Gasteiger partial charge in [0.1, 0.15) is 6.61 Å². The van der Waals surface area contributed by atoms with Crippen LogP contribution in [0, 0.1) is 0 Å². The molecule has 0 bridgehead atoms. The van der Waals surface area contributed by atoms with Crippen LogP contribution in [0.25, 0.3) is 0 Å². The van der Waals surface area contributed by atoms with E-state index >= 15 is 0 Å². The van der Waals surface area contributed by atoms with E-state index in [2.05, 4.69) is 4.90 Å². The fourth-order valence-corrected chi connectivity index (χ4v) is 2.91. The van der Waals surface area contributed by atoms with Crippen LogP contribution in [0.2, 0.25) is 0 Å². The Hall–Kier alpha value is -1.99. The second-order valence-electron chi connectivity index (χ2n) is 6.47. The van der Waals surface area contributed by atoms with E-state index in [0.717, 1.165) is 43.1 Å². The zero-order chi connectivity index (χ0) is 17.6. The Kier molecular flexibility index (Phi) is 5.99. The first kappa shape index (κ1) is 17.8. The van der Waals surface area contributed by atoms with E-state index in [1.807, 2.05) is 25.1 Å². The molecule has 1 unspecified atom stereocenters. The second-order valence-corrected chi connectivity index (χ2v) is 6.47. The highest BCUT2D eigenvalue weighted by Crippen LogP contribution is 2.32. The van der Waals surface area contributed by atoms with Crippen LogP contribution < -0.4 is 9.47 Å². The van der Waals surface area contributed by atoms with E-state index in [1.165, 1.54) is 0 Å². The first-order chi connectivity index (χ1) is 12.1. The van der Waals surface area contributed by atoms with Crippen molar-refractivity contribution < 1.29 is 23.7 Å². The first-order valence-corrected chi connectivity index (χ1v) is 8.71. The van der Waals surface area contributed by atoms with Gasteiger partial charge in [-0.1, -0.05) is 6.07 Å². The summed E-state index contributed by atoms with van der Waals surface area (Å²) in [5.41, 5.74) is 1.10. The third-order valence-electron chi connectivity index (χ3n) is 4.59. The fraction of sp³-hybridized carbons (Fsp3) is 0.611. The van der Waals surface area contributed by atoms with E-state index in [9.17, 15) is 4.79 Å². The van der Waals surface area contributed by atoms with Gasteiger partial charge < -0.3 is 23.8 Å². The molecule has 2 heterocycles. The Balaban J connectivity index is 1.43. The predicted octanol–water partition coefficient (Wildman–Crippen LogP) is 2.09. The van der Waals surface area contributed by atoms with Crippen molar-refractivity contribution in [3.05, 3.63) is 23.8 Å². The van der Waals surface area contributed by atoms with Crippen LogP contribution in [0.4, 0.5) is 4.79 Å². The number of benzene rings is 1. The molecule has 1 amide bonds. The Labute approximate surface area is 148 Å². The number of hydrogen-bond donors (Lipinski definition) is 0. The maximum absolute atomic E-state index is 12.2. The van der Waals surface area contributed by atoms with Crippen molar-refractivity contribution in [2.24, 2.45) is 0 Å². The number of nitrogens with zero attached hydrogens (tertiary/aromatic N) is 2. The zero-order valence-corrected chi connectivity index (χ0v) is 14.9. The molecule has 1 fully saturated rings. The maximum atomic E-state index is 12.2. The molecule has 0 saturated carbocycles. The number of carbonyl (C=O) groups excluding carboxylic acids is 1. The fourth-order valence-electron chi connectivity index (χ4n) is 2.91. The molecule has 0 spiro atoms. The molecule has 25 heavy (non-hydrogen) atoms. The Morgan fingerprint density at radius 3 is 3.00 bits per heavy atom. The topological polar surface area (TPSA) is 60.5 Å². The van der Waals surface area contributed by atoms with E-state index in [0.29, 0.717) is 19.9 Å². The summed E-state index contributed by atoms with van der Waals surface area (Å²) < 4.78 is 21.5. The largest absolute Gasteiger partial charge is 0.454 e. The number of hydrogen-bond acceptors (Lipinski definition) is 6. The third kappa shape index (κ3) is 4.76. The van der Waals surface area contributed by atoms with Gasteiger partial charge in [-0.25, -0.2) is 4.79 Å². The quantitative estimate of drug-likeness (QED) is 0.783. The molecule has 138 valence electrons. The van der Waals surface area contributed by atoms with Gasteiger partial charge in [-0.15, -0.1) is 0 Å². The number of ether oxygens (including phenoxy) is 4. The number of fused-ring (bicyclic) bond motifs is 1. The number of amides is 1. The van der Waals surface area contributed by atoms with Crippen molar-refractivity contribution in [1.82, 2.24) is 9.80 Å². The summed E-state index contributed by atoms with van der Waals surface area (Å²) in [5.74, 6) is 1.53. The lowest BCUT2D eigenvalue weighted by molar-refractivity contribution is -0.0225. The summed E-state index contributed by atoms with van der Waals surface area (Å²) in [6.07, 6.45) is 1.45. The lowest BCUT2D eigenvalue weighted by Gasteiger charge is -2.27. The van der Waals surface area contributed by atoms with Gasteiger partial charge >= 0.3 is 6.09 Å². The molecular weight excluding hydrogens is 324 g/mol. The van der Waals surface area contributed by atoms with E-state index in [4.69, 9.17) is 18.9 Å². The van der Waals surface area contributed by atoms with E-state index in [-0.39, 0.29) is 18.9 Å². The number of carbonyl (C=O) groups is 1. The highest BCUT2D eigenvalue weighted by atomic mass is 16.7. The molecule has 1 aromatic rings. The van der Waals surface area contributed by atoms with Crippen molar-refractivity contribution in [3.8, 4) is 11.5 Å². The molecule has 7 nitrogen and oxygen atoms in total. The van der Waals surface area contributed by atoms with Crippen LogP contribution in [-0.4, -0.2) is 68.8 Å². The van der Waals surface area contributed by atoms with Crippen LogP contribution in [0.15, 0.2) is 18.2 Å². The minimum absolute atomic E-state index is 0.0196. The average Bonchev–Trinajstić information content (AvgIpc) is 3.09. The second kappa shape index (κ2) is 8.40. The van der Waals surface area contributed by atoms with Gasteiger partial charge in [0.05, 0.1) is 6.73 Å². The van der Waals surface area contributed by atoms with E-state index < -0.39 is 0 Å². The minimum Gasteiger partial charge on any atom is -0.454 e. The molecule has 0 radical (unpaired) electrons. The van der Waals surface area contributed by atoms with Crippen molar-refractivity contribution >= 4 is 6.09 Å². The highest BCUT2D eigenvalue weighted by molar-refractivity contribution is 5.67. The SMILES string of the molecule is CC(Cc1ccc2c(c1)OCO2)N(C)C(=O)OCCN1CCCOC1. The Morgan fingerprint density at radius 1 is 1.36 bits per heavy atom. The normalized spacial score (nSPS) is 18.0. The van der Waals surface area contributed by atoms with Crippen molar-refractivity contribution in [1.29, 1.82) is 0 Å². The zero-order valence-electron chi connectivity index (χ0n) is 14.9. The predicted molar refractivity (Wildman–Crippen MR) is 91.9 cm³/mol. The Bertz CT molecular complexity index is 589. The summed E-state index contributed by atoms with van der Waals surface area (Å²) in [4.78, 5) is 16.0. The minimum atomic E-state index is -0.300. The summed E-state index contributed by atoms with van der Waals surface area (Å²) in [6.45, 7) is 5.78. The number of likely N-dealkylation sites (N-methyl/N-ethyl adjacent to an activating group) is 1. The summed E-state index contributed by atoms with van der Waals surface area (Å²) in [5, 5.41) is 0. The molecule has 7 heteroatoms. The Morgan fingerprint density at radius 2 is 2.20 bits per heavy atom. The lowest BCUT2D eigenvalue weighted by atomic mass is 10.1. The average molecular weight is 350 g/mol. The van der Waals surface area contributed by atoms with Gasteiger partial charge in [0.2, 0.25) is 6.79 Å². The molecule has 0 N–H and O–H groups in total. The van der Waals surface area contributed by atoms with Crippen molar-refractivity contribution in [2.45, 2.75) is 25.8 Å². The highest BCUT2D eigenvalue weighted by Gasteiger charge is 2.20. The van der Waals surface area contributed by atoms with E-state index in [1.54, 1.807) is 11.9 Å². The smallest absolute Gasteiger partial charge is 0.409 e. The van der Waals surface area contributed by atoms with Crippen LogP contribution in [0.5, 0.6) is 11.5 Å². The molecule has 0 aliphatic carbocycles. The van der Waals surface area contributed by atoms with Crippen LogP contribution in [0.3, 0.4) is 0 Å². The van der Waals surface area contributed by atoms with Gasteiger partial charge in [0.15, 0.2) is 11.5 Å². The first-order valence-electron chi connectivity index (χ1n) is 8.71. The van der Waals surface area contributed by atoms with Crippen molar-refractivity contribution in [2.75, 3.05) is 46.9 Å². The summed E-state index contributed by atoms with van der Waals surface area (Å²) in [6, 6.07) is 5.89. The van der Waals surface area contributed by atoms with Gasteiger partial charge in [0, 0.05) is 32.8 Å². The molecule has 2 aliphatic heterocycles. The molecule has 3 rings (SSSR count). The number of rotatable bonds is 6. The standard InChI is InChI=1S/C18H26N2O5/c1-14(10-15-4-5-16-17(11-15)25-13-24-16)19(2)18(21)23-9-7-20-6-3-8-22-12-20/h4-5,11,14H,3,6-10,12-13H2,1-2H3. The molecule has 0 aromatic heterocycles. The summed E-state index contributed by atoms with van der Waals surface area (Å²) >= 11 is 0. The maximum Gasteiger partial charge on any atom is 0.409 e. The molecule has 2 aliphatic rings. The monoisotopic (exact) mass is 350 g/mol. The van der Waals surface area contributed by atoms with Gasteiger partial charge in [-0.2, -0.15) is 0 Å². The third-order valence-corrected chi connectivity index (χ3v) is 4.59. The van der Waals surface area contributed by atoms with Crippen LogP contribution >= 0.6 is 0 Å². The van der Waals surface area contributed by atoms with Gasteiger partial charge in [0.25, 0.3) is 0 Å². The van der Waals surface area contributed by atoms with Crippen molar-refractivity contribution in [3.63, 3.8) is 0 Å². The van der Waals surface area contributed by atoms with Gasteiger partial charge in [-0.3, -0.25) is 4.90 Å². The molecule has 1 aromatic carbocycles. The molecule has 1 atom stereocenters. The molecular formula is C18H26N2O5. The lowest BCUT2D eigenvalue weighted by Crippen LogP contribution is -2.39. The van der Waals surface area contributed by atoms with Crippen LogP contribution in [-0.2, 0) is 15.9 Å².